The first-order valence-electron chi connectivity index (χ1n) is 6.58. The summed E-state index contributed by atoms with van der Waals surface area (Å²) in [7, 11) is 4.24. The van der Waals surface area contributed by atoms with Crippen LogP contribution in [-0.4, -0.2) is 32.1 Å². The Morgan fingerprint density at radius 2 is 1.88 bits per heavy atom. The van der Waals surface area contributed by atoms with E-state index in [1.54, 1.807) is 0 Å². The van der Waals surface area contributed by atoms with Crippen molar-refractivity contribution in [3.05, 3.63) is 35.9 Å². The average molecular weight is 234 g/mol. The maximum absolute atomic E-state index is 3.30. The Bertz CT molecular complexity index is 297. The molecule has 96 valence electrons. The molecule has 0 saturated carbocycles. The van der Waals surface area contributed by atoms with Gasteiger partial charge in [-0.3, -0.25) is 4.90 Å². The number of benzene rings is 1. The Labute approximate surface area is 106 Å². The Hall–Kier alpha value is -0.860. The lowest BCUT2D eigenvalue weighted by molar-refractivity contribution is 0.208. The zero-order valence-corrected chi connectivity index (χ0v) is 11.6. The first-order chi connectivity index (χ1) is 8.19. The van der Waals surface area contributed by atoms with Crippen LogP contribution in [0.3, 0.4) is 0 Å². The molecule has 1 N–H and O–H groups in total. The van der Waals surface area contributed by atoms with E-state index in [0.717, 1.165) is 19.0 Å². The molecular formula is C15H26N2. The molecule has 0 aliphatic heterocycles. The van der Waals surface area contributed by atoms with Gasteiger partial charge in [0.2, 0.25) is 0 Å². The number of rotatable bonds is 7. The molecule has 0 aromatic heterocycles. The molecule has 0 spiro atoms. The van der Waals surface area contributed by atoms with Crippen molar-refractivity contribution in [1.29, 1.82) is 0 Å². The highest BCUT2D eigenvalue weighted by Gasteiger charge is 2.17. The van der Waals surface area contributed by atoms with E-state index in [2.05, 4.69) is 61.4 Å². The zero-order chi connectivity index (χ0) is 12.7. The predicted molar refractivity (Wildman–Crippen MR) is 75.2 cm³/mol. The summed E-state index contributed by atoms with van der Waals surface area (Å²) in [4.78, 5) is 2.46. The van der Waals surface area contributed by atoms with Crippen LogP contribution in [-0.2, 0) is 0 Å². The van der Waals surface area contributed by atoms with Gasteiger partial charge in [-0.15, -0.1) is 0 Å². The smallest absolute Gasteiger partial charge is 0.0469 e. The molecule has 2 nitrogen and oxygen atoms in total. The van der Waals surface area contributed by atoms with Crippen LogP contribution in [0.25, 0.3) is 0 Å². The average Bonchev–Trinajstić information content (AvgIpc) is 2.36. The Morgan fingerprint density at radius 3 is 2.41 bits per heavy atom. The van der Waals surface area contributed by atoms with Crippen LogP contribution in [0.4, 0.5) is 0 Å². The summed E-state index contributed by atoms with van der Waals surface area (Å²) in [6, 6.07) is 11.2. The Kier molecular flexibility index (Phi) is 6.23. The van der Waals surface area contributed by atoms with E-state index in [4.69, 9.17) is 0 Å². The molecule has 0 amide bonds. The topological polar surface area (TPSA) is 15.3 Å². The zero-order valence-electron chi connectivity index (χ0n) is 11.6. The van der Waals surface area contributed by atoms with E-state index < -0.39 is 0 Å². The van der Waals surface area contributed by atoms with Crippen LogP contribution in [0.2, 0.25) is 0 Å². The van der Waals surface area contributed by atoms with Gasteiger partial charge < -0.3 is 5.32 Å². The number of nitrogens with one attached hydrogen (secondary N) is 1. The lowest BCUT2D eigenvalue weighted by Gasteiger charge is -2.30. The highest BCUT2D eigenvalue weighted by Crippen LogP contribution is 2.20. The van der Waals surface area contributed by atoms with Crippen molar-refractivity contribution in [2.45, 2.75) is 26.3 Å². The fourth-order valence-corrected chi connectivity index (χ4v) is 2.14. The summed E-state index contributed by atoms with van der Waals surface area (Å²) >= 11 is 0. The second kappa shape index (κ2) is 7.46. The minimum Gasteiger partial charge on any atom is -0.318 e. The van der Waals surface area contributed by atoms with E-state index in [9.17, 15) is 0 Å². The third-order valence-corrected chi connectivity index (χ3v) is 3.41. The highest BCUT2D eigenvalue weighted by molar-refractivity contribution is 5.19. The van der Waals surface area contributed by atoms with Crippen molar-refractivity contribution in [2.75, 3.05) is 27.2 Å². The number of nitrogens with zero attached hydrogens (tertiary/aromatic N) is 1. The third-order valence-electron chi connectivity index (χ3n) is 3.41. The van der Waals surface area contributed by atoms with Gasteiger partial charge in [0.25, 0.3) is 0 Å². The number of hydrogen-bond acceptors (Lipinski definition) is 2. The monoisotopic (exact) mass is 234 g/mol. The van der Waals surface area contributed by atoms with Crippen LogP contribution in [0, 0.1) is 5.92 Å². The molecule has 0 aliphatic carbocycles. The summed E-state index contributed by atoms with van der Waals surface area (Å²) in [6.45, 7) is 6.72. The first-order valence-corrected chi connectivity index (χ1v) is 6.58. The van der Waals surface area contributed by atoms with Gasteiger partial charge in [0, 0.05) is 19.1 Å². The van der Waals surface area contributed by atoms with Crippen LogP contribution in [0.5, 0.6) is 0 Å². The van der Waals surface area contributed by atoms with Gasteiger partial charge in [0.15, 0.2) is 0 Å². The van der Waals surface area contributed by atoms with Crippen molar-refractivity contribution in [3.63, 3.8) is 0 Å². The van der Waals surface area contributed by atoms with Gasteiger partial charge in [0.05, 0.1) is 0 Å². The summed E-state index contributed by atoms with van der Waals surface area (Å²) in [5, 5.41) is 3.30. The molecule has 2 atom stereocenters. The Morgan fingerprint density at radius 1 is 1.24 bits per heavy atom. The van der Waals surface area contributed by atoms with E-state index in [1.165, 1.54) is 12.0 Å². The SMILES string of the molecule is CCC(C)CN(C)C(CNC)c1ccccc1. The molecule has 0 saturated heterocycles. The molecule has 1 rings (SSSR count). The van der Waals surface area contributed by atoms with Crippen LogP contribution in [0.15, 0.2) is 30.3 Å². The Balaban J connectivity index is 2.71. The van der Waals surface area contributed by atoms with Gasteiger partial charge in [-0.05, 0) is 25.6 Å². The fraction of sp³-hybridized carbons (Fsp3) is 0.600. The molecular weight excluding hydrogens is 208 g/mol. The molecule has 0 aliphatic rings. The molecule has 0 radical (unpaired) electrons. The molecule has 2 unspecified atom stereocenters. The minimum atomic E-state index is 0.468. The molecule has 1 aromatic rings. The first kappa shape index (κ1) is 14.2. The lowest BCUT2D eigenvalue weighted by Crippen LogP contribution is -2.34. The van der Waals surface area contributed by atoms with E-state index in [1.807, 2.05) is 7.05 Å². The maximum Gasteiger partial charge on any atom is 0.0469 e. The van der Waals surface area contributed by atoms with Gasteiger partial charge in [-0.2, -0.15) is 0 Å². The van der Waals surface area contributed by atoms with Crippen molar-refractivity contribution >= 4 is 0 Å². The summed E-state index contributed by atoms with van der Waals surface area (Å²) in [5.41, 5.74) is 1.40. The van der Waals surface area contributed by atoms with Gasteiger partial charge in [-0.25, -0.2) is 0 Å². The molecule has 2 heteroatoms. The van der Waals surface area contributed by atoms with E-state index in [-0.39, 0.29) is 0 Å². The molecule has 0 bridgehead atoms. The van der Waals surface area contributed by atoms with Crippen molar-refractivity contribution < 1.29 is 0 Å². The van der Waals surface area contributed by atoms with Crippen molar-refractivity contribution in [3.8, 4) is 0 Å². The van der Waals surface area contributed by atoms with E-state index >= 15 is 0 Å². The van der Waals surface area contributed by atoms with Gasteiger partial charge >= 0.3 is 0 Å². The lowest BCUT2D eigenvalue weighted by atomic mass is 10.0. The minimum absolute atomic E-state index is 0.468. The highest BCUT2D eigenvalue weighted by atomic mass is 15.1. The number of hydrogen-bond donors (Lipinski definition) is 1. The third kappa shape index (κ3) is 4.49. The van der Waals surface area contributed by atoms with Crippen LogP contribution >= 0.6 is 0 Å². The van der Waals surface area contributed by atoms with Gasteiger partial charge in [0.1, 0.15) is 0 Å². The second-order valence-corrected chi connectivity index (χ2v) is 4.94. The second-order valence-electron chi connectivity index (χ2n) is 4.94. The maximum atomic E-state index is 3.30. The summed E-state index contributed by atoms with van der Waals surface area (Å²) in [5.74, 6) is 0.753. The molecule has 17 heavy (non-hydrogen) atoms. The fourth-order valence-electron chi connectivity index (χ4n) is 2.14. The quantitative estimate of drug-likeness (QED) is 0.780. The van der Waals surface area contributed by atoms with E-state index in [0.29, 0.717) is 6.04 Å². The van der Waals surface area contributed by atoms with Crippen LogP contribution in [0.1, 0.15) is 31.9 Å². The summed E-state index contributed by atoms with van der Waals surface area (Å²) in [6.07, 6.45) is 1.24. The van der Waals surface area contributed by atoms with Crippen molar-refractivity contribution in [1.82, 2.24) is 10.2 Å². The molecule has 1 aromatic carbocycles. The van der Waals surface area contributed by atoms with Crippen molar-refractivity contribution in [2.24, 2.45) is 5.92 Å². The van der Waals surface area contributed by atoms with Crippen LogP contribution < -0.4 is 5.32 Å². The predicted octanol–water partition coefficient (Wildman–Crippen LogP) is 2.93. The standard InChI is InChI=1S/C15H26N2/c1-5-13(2)12-17(4)15(11-16-3)14-9-7-6-8-10-14/h6-10,13,15-16H,5,11-12H2,1-4H3. The largest absolute Gasteiger partial charge is 0.318 e. The normalized spacial score (nSPS) is 14.9. The molecule has 0 heterocycles. The summed E-state index contributed by atoms with van der Waals surface area (Å²) < 4.78 is 0. The number of likely N-dealkylation sites (N-methyl/N-ethyl adjacent to an activating group) is 2. The van der Waals surface area contributed by atoms with Gasteiger partial charge in [-0.1, -0.05) is 50.6 Å². The molecule has 0 fully saturated rings.